The molecule has 0 aromatic heterocycles. The SMILES string of the molecule is Cc1ccc(COc2ccc(/C=N\NCc3c(Cl)cccc3Cl)cc2)cc1. The lowest BCUT2D eigenvalue weighted by atomic mass is 10.2. The predicted octanol–water partition coefficient (Wildman–Crippen LogP) is 6.00. The molecule has 0 spiro atoms. The predicted molar refractivity (Wildman–Crippen MR) is 113 cm³/mol. The van der Waals surface area contributed by atoms with Crippen LogP contribution in [0.5, 0.6) is 5.75 Å². The second kappa shape index (κ2) is 9.45. The maximum absolute atomic E-state index is 6.13. The van der Waals surface area contributed by atoms with Crippen molar-refractivity contribution in [2.45, 2.75) is 20.1 Å². The van der Waals surface area contributed by atoms with Crippen molar-refractivity contribution in [2.24, 2.45) is 5.10 Å². The summed E-state index contributed by atoms with van der Waals surface area (Å²) in [5, 5.41) is 5.47. The van der Waals surface area contributed by atoms with E-state index >= 15 is 0 Å². The highest BCUT2D eigenvalue weighted by molar-refractivity contribution is 6.35. The number of benzene rings is 3. The molecule has 5 heteroatoms. The fourth-order valence-corrected chi connectivity index (χ4v) is 2.98. The minimum atomic E-state index is 0.465. The molecule has 138 valence electrons. The van der Waals surface area contributed by atoms with Crippen molar-refractivity contribution in [3.8, 4) is 5.75 Å². The van der Waals surface area contributed by atoms with Crippen molar-refractivity contribution in [1.82, 2.24) is 5.43 Å². The van der Waals surface area contributed by atoms with Gasteiger partial charge >= 0.3 is 0 Å². The topological polar surface area (TPSA) is 33.6 Å². The molecule has 0 saturated carbocycles. The molecule has 0 bridgehead atoms. The summed E-state index contributed by atoms with van der Waals surface area (Å²) in [6.07, 6.45) is 1.74. The summed E-state index contributed by atoms with van der Waals surface area (Å²) in [6.45, 7) is 3.09. The van der Waals surface area contributed by atoms with Crippen LogP contribution in [0.3, 0.4) is 0 Å². The molecule has 0 saturated heterocycles. The first-order chi connectivity index (χ1) is 13.1. The quantitative estimate of drug-likeness (QED) is 0.390. The van der Waals surface area contributed by atoms with Crippen molar-refractivity contribution < 1.29 is 4.74 Å². The van der Waals surface area contributed by atoms with Gasteiger partial charge in [0.15, 0.2) is 0 Å². The number of aryl methyl sites for hydroxylation is 1. The van der Waals surface area contributed by atoms with Crippen LogP contribution in [-0.4, -0.2) is 6.21 Å². The van der Waals surface area contributed by atoms with Crippen LogP contribution >= 0.6 is 23.2 Å². The Morgan fingerprint density at radius 3 is 2.26 bits per heavy atom. The van der Waals surface area contributed by atoms with E-state index in [2.05, 4.69) is 41.7 Å². The Morgan fingerprint density at radius 2 is 1.59 bits per heavy atom. The van der Waals surface area contributed by atoms with Crippen LogP contribution in [0.15, 0.2) is 71.8 Å². The third kappa shape index (κ3) is 5.75. The Hall–Kier alpha value is -2.49. The smallest absolute Gasteiger partial charge is 0.119 e. The van der Waals surface area contributed by atoms with Gasteiger partial charge in [0.25, 0.3) is 0 Å². The van der Waals surface area contributed by atoms with Gasteiger partial charge in [0.2, 0.25) is 0 Å². The molecule has 1 N–H and O–H groups in total. The van der Waals surface area contributed by atoms with E-state index in [0.29, 0.717) is 23.2 Å². The largest absolute Gasteiger partial charge is 0.489 e. The minimum absolute atomic E-state index is 0.465. The normalized spacial score (nSPS) is 10.9. The van der Waals surface area contributed by atoms with Crippen molar-refractivity contribution in [2.75, 3.05) is 0 Å². The van der Waals surface area contributed by atoms with Gasteiger partial charge in [0, 0.05) is 15.6 Å². The maximum Gasteiger partial charge on any atom is 0.119 e. The van der Waals surface area contributed by atoms with Crippen LogP contribution < -0.4 is 10.2 Å². The summed E-state index contributed by atoms with van der Waals surface area (Å²) >= 11 is 12.3. The number of hydrogen-bond acceptors (Lipinski definition) is 3. The van der Waals surface area contributed by atoms with Crippen LogP contribution in [-0.2, 0) is 13.2 Å². The van der Waals surface area contributed by atoms with Crippen molar-refractivity contribution >= 4 is 29.4 Å². The van der Waals surface area contributed by atoms with E-state index in [1.165, 1.54) is 5.56 Å². The Morgan fingerprint density at radius 1 is 0.926 bits per heavy atom. The molecule has 0 aliphatic heterocycles. The zero-order valence-electron chi connectivity index (χ0n) is 15.0. The lowest BCUT2D eigenvalue weighted by Gasteiger charge is -2.07. The highest BCUT2D eigenvalue weighted by atomic mass is 35.5. The van der Waals surface area contributed by atoms with Crippen LogP contribution in [0.1, 0.15) is 22.3 Å². The number of halogens is 2. The van der Waals surface area contributed by atoms with Crippen LogP contribution in [0, 0.1) is 6.92 Å². The number of ether oxygens (including phenoxy) is 1. The van der Waals surface area contributed by atoms with E-state index in [9.17, 15) is 0 Å². The number of nitrogens with zero attached hydrogens (tertiary/aromatic N) is 1. The van der Waals surface area contributed by atoms with Gasteiger partial charge in [-0.3, -0.25) is 0 Å². The van der Waals surface area contributed by atoms with Crippen molar-refractivity contribution in [3.63, 3.8) is 0 Å². The van der Waals surface area contributed by atoms with Crippen LogP contribution in [0.2, 0.25) is 10.0 Å². The minimum Gasteiger partial charge on any atom is -0.489 e. The first kappa shape index (κ1) is 19.3. The van der Waals surface area contributed by atoms with Gasteiger partial charge in [0.1, 0.15) is 12.4 Å². The molecule has 27 heavy (non-hydrogen) atoms. The molecule has 0 heterocycles. The summed E-state index contributed by atoms with van der Waals surface area (Å²) in [7, 11) is 0. The summed E-state index contributed by atoms with van der Waals surface area (Å²) < 4.78 is 5.81. The molecular weight excluding hydrogens is 379 g/mol. The lowest BCUT2D eigenvalue weighted by Crippen LogP contribution is -2.06. The monoisotopic (exact) mass is 398 g/mol. The first-order valence-electron chi connectivity index (χ1n) is 8.59. The van der Waals surface area contributed by atoms with E-state index in [4.69, 9.17) is 27.9 Å². The zero-order chi connectivity index (χ0) is 19.1. The van der Waals surface area contributed by atoms with E-state index in [1.807, 2.05) is 42.5 Å². The Labute approximate surface area is 169 Å². The van der Waals surface area contributed by atoms with E-state index in [1.54, 1.807) is 6.21 Å². The van der Waals surface area contributed by atoms with E-state index in [0.717, 1.165) is 22.4 Å². The van der Waals surface area contributed by atoms with Crippen molar-refractivity contribution in [3.05, 3.63) is 99.0 Å². The molecular formula is C22H20Cl2N2O. The zero-order valence-corrected chi connectivity index (χ0v) is 16.5. The highest BCUT2D eigenvalue weighted by Crippen LogP contribution is 2.23. The van der Waals surface area contributed by atoms with Gasteiger partial charge in [0.05, 0.1) is 12.8 Å². The van der Waals surface area contributed by atoms with Crippen molar-refractivity contribution in [1.29, 1.82) is 0 Å². The molecule has 0 radical (unpaired) electrons. The number of nitrogens with one attached hydrogen (secondary N) is 1. The van der Waals surface area contributed by atoms with Gasteiger partial charge in [-0.15, -0.1) is 0 Å². The average molecular weight is 399 g/mol. The highest BCUT2D eigenvalue weighted by Gasteiger charge is 2.03. The Bertz CT molecular complexity index is 886. The molecule has 3 rings (SSSR count). The maximum atomic E-state index is 6.13. The number of rotatable bonds is 7. The average Bonchev–Trinajstić information content (AvgIpc) is 2.67. The van der Waals surface area contributed by atoms with E-state index < -0.39 is 0 Å². The summed E-state index contributed by atoms with van der Waals surface area (Å²) in [5.41, 5.74) is 7.16. The molecule has 0 aliphatic rings. The second-order valence-corrected chi connectivity index (χ2v) is 6.95. The molecule has 0 aliphatic carbocycles. The second-order valence-electron chi connectivity index (χ2n) is 6.14. The fraction of sp³-hybridized carbons (Fsp3) is 0.136. The molecule has 3 aromatic rings. The standard InChI is InChI=1S/C22H20Cl2N2O/c1-16-5-7-18(8-6-16)15-27-19-11-9-17(10-12-19)13-25-26-14-20-21(23)3-2-4-22(20)24/h2-13,26H,14-15H2,1H3/b25-13-. The van der Waals surface area contributed by atoms with Gasteiger partial charge in [-0.05, 0) is 54.4 Å². The van der Waals surface area contributed by atoms with Gasteiger partial charge in [-0.25, -0.2) is 0 Å². The fourth-order valence-electron chi connectivity index (χ4n) is 2.45. The third-order valence-corrected chi connectivity index (χ3v) is 4.74. The molecule has 0 atom stereocenters. The molecule has 0 fully saturated rings. The molecule has 0 unspecified atom stereocenters. The Kier molecular flexibility index (Phi) is 6.74. The van der Waals surface area contributed by atoms with Crippen LogP contribution in [0.4, 0.5) is 0 Å². The van der Waals surface area contributed by atoms with Gasteiger partial charge in [-0.2, -0.15) is 5.10 Å². The third-order valence-electron chi connectivity index (χ3n) is 4.03. The molecule has 3 aromatic carbocycles. The summed E-state index contributed by atoms with van der Waals surface area (Å²) in [6, 6.07) is 21.5. The first-order valence-corrected chi connectivity index (χ1v) is 9.34. The lowest BCUT2D eigenvalue weighted by molar-refractivity contribution is 0.306. The summed E-state index contributed by atoms with van der Waals surface area (Å²) in [5.74, 6) is 0.823. The van der Waals surface area contributed by atoms with Crippen LogP contribution in [0.25, 0.3) is 0 Å². The van der Waals surface area contributed by atoms with Gasteiger partial charge in [-0.1, -0.05) is 59.1 Å². The van der Waals surface area contributed by atoms with Gasteiger partial charge < -0.3 is 10.2 Å². The number of hydrazone groups is 1. The molecule has 3 nitrogen and oxygen atoms in total. The Balaban J connectivity index is 1.50. The van der Waals surface area contributed by atoms with E-state index in [-0.39, 0.29) is 0 Å². The summed E-state index contributed by atoms with van der Waals surface area (Å²) in [4.78, 5) is 0. The molecule has 0 amide bonds. The number of hydrogen-bond donors (Lipinski definition) is 1.